The number of rotatable bonds is 1. The van der Waals surface area contributed by atoms with Crippen molar-refractivity contribution in [2.45, 2.75) is 6.18 Å². The molecule has 0 fully saturated rings. The first-order chi connectivity index (χ1) is 6.96. The van der Waals surface area contributed by atoms with Gasteiger partial charge in [0.15, 0.2) is 0 Å². The van der Waals surface area contributed by atoms with Gasteiger partial charge in [-0.25, -0.2) is 0 Å². The molecule has 6 heteroatoms. The van der Waals surface area contributed by atoms with E-state index in [0.717, 1.165) is 12.4 Å². The van der Waals surface area contributed by atoms with E-state index in [1.54, 1.807) is 0 Å². The molecule has 3 nitrogen and oxygen atoms in total. The van der Waals surface area contributed by atoms with Crippen LogP contribution in [0, 0.1) is 0 Å². The Labute approximate surface area is 83.0 Å². The second-order valence-electron chi connectivity index (χ2n) is 2.49. The van der Waals surface area contributed by atoms with Gasteiger partial charge < -0.3 is 0 Å². The highest BCUT2D eigenvalue weighted by Crippen LogP contribution is 2.31. The zero-order valence-electron chi connectivity index (χ0n) is 7.38. The highest BCUT2D eigenvalue weighted by atomic mass is 19.4. The lowest BCUT2D eigenvalue weighted by Gasteiger charge is -2.08. The van der Waals surface area contributed by atoms with Crippen molar-refractivity contribution in [1.82, 2.24) is 4.98 Å². The van der Waals surface area contributed by atoms with Crippen LogP contribution in [0.4, 0.5) is 13.2 Å². The van der Waals surface area contributed by atoms with Crippen molar-refractivity contribution in [2.24, 2.45) is 4.99 Å². The topological polar surface area (TPSA) is 42.3 Å². The maximum absolute atomic E-state index is 12.4. The van der Waals surface area contributed by atoms with E-state index < -0.39 is 23.2 Å². The van der Waals surface area contributed by atoms with Crippen LogP contribution in [0.5, 0.6) is 0 Å². The van der Waals surface area contributed by atoms with Crippen LogP contribution in [-0.4, -0.2) is 16.8 Å². The lowest BCUT2D eigenvalue weighted by molar-refractivity contribution is -0.138. The summed E-state index contributed by atoms with van der Waals surface area (Å²) in [6.45, 7) is 3.00. The number of nitrogens with zero attached hydrogens (tertiary/aromatic N) is 2. The van der Waals surface area contributed by atoms with Gasteiger partial charge in [-0.2, -0.15) is 18.2 Å². The van der Waals surface area contributed by atoms with Crippen LogP contribution in [0.1, 0.15) is 15.9 Å². The maximum Gasteiger partial charge on any atom is 0.417 e. The van der Waals surface area contributed by atoms with Crippen LogP contribution in [0.25, 0.3) is 0 Å². The number of carbonyl (C=O) groups is 1. The Morgan fingerprint density at radius 1 is 1.53 bits per heavy atom. The minimum absolute atomic E-state index is 0.610. The predicted octanol–water partition coefficient (Wildman–Crippen LogP) is 2.10. The molecule has 1 heterocycles. The molecule has 0 radical (unpaired) electrons. The van der Waals surface area contributed by atoms with Gasteiger partial charge in [0.25, 0.3) is 5.91 Å². The quantitative estimate of drug-likeness (QED) is 0.672. The molecule has 0 aliphatic heterocycles. The van der Waals surface area contributed by atoms with Crippen LogP contribution in [-0.2, 0) is 6.18 Å². The molecule has 0 aliphatic rings. The summed E-state index contributed by atoms with van der Waals surface area (Å²) in [5, 5.41) is 0. The molecule has 0 saturated heterocycles. The third kappa shape index (κ3) is 2.51. The Hall–Kier alpha value is -1.94. The van der Waals surface area contributed by atoms with Crippen LogP contribution in [0.15, 0.2) is 30.0 Å². The Morgan fingerprint density at radius 2 is 2.20 bits per heavy atom. The zero-order valence-corrected chi connectivity index (χ0v) is 7.38. The highest BCUT2D eigenvalue weighted by Gasteiger charge is 2.35. The summed E-state index contributed by atoms with van der Waals surface area (Å²) in [5.41, 5.74) is -1.68. The molecule has 1 aromatic heterocycles. The van der Waals surface area contributed by atoms with Crippen LogP contribution in [0.2, 0.25) is 0 Å². The van der Waals surface area contributed by atoms with Crippen molar-refractivity contribution < 1.29 is 18.0 Å². The zero-order chi connectivity index (χ0) is 11.5. The molecule has 0 bridgehead atoms. The van der Waals surface area contributed by atoms with Crippen molar-refractivity contribution in [1.29, 1.82) is 0 Å². The van der Waals surface area contributed by atoms with Gasteiger partial charge in [0.1, 0.15) is 0 Å². The van der Waals surface area contributed by atoms with E-state index in [2.05, 4.69) is 16.6 Å². The molecule has 1 aromatic rings. The number of pyridine rings is 1. The molecule has 0 saturated carbocycles. The maximum atomic E-state index is 12.4. The predicted molar refractivity (Wildman–Crippen MR) is 46.6 cm³/mol. The molecular formula is C9H5F3N2O. The molecular weight excluding hydrogens is 209 g/mol. The SMILES string of the molecule is C=C=NC(=O)c1cnccc1C(F)(F)F. The monoisotopic (exact) mass is 214 g/mol. The fraction of sp³-hybridized carbons (Fsp3) is 0.111. The summed E-state index contributed by atoms with van der Waals surface area (Å²) in [6, 6.07) is 0.714. The van der Waals surface area contributed by atoms with Crippen molar-refractivity contribution in [3.8, 4) is 0 Å². The number of hydrogen-bond acceptors (Lipinski definition) is 2. The van der Waals surface area contributed by atoms with E-state index >= 15 is 0 Å². The molecule has 0 aromatic carbocycles. The van der Waals surface area contributed by atoms with Gasteiger partial charge in [-0.1, -0.05) is 0 Å². The van der Waals surface area contributed by atoms with E-state index in [9.17, 15) is 18.0 Å². The summed E-state index contributed by atoms with van der Waals surface area (Å²) in [5.74, 6) is 0.811. The fourth-order valence-corrected chi connectivity index (χ4v) is 0.944. The normalized spacial score (nSPS) is 10.6. The van der Waals surface area contributed by atoms with Gasteiger partial charge in [-0.3, -0.25) is 9.78 Å². The first kappa shape index (κ1) is 11.1. The van der Waals surface area contributed by atoms with Gasteiger partial charge in [0.2, 0.25) is 0 Å². The largest absolute Gasteiger partial charge is 0.417 e. The number of hydrogen-bond donors (Lipinski definition) is 0. The highest BCUT2D eigenvalue weighted by molar-refractivity contribution is 5.99. The van der Waals surface area contributed by atoms with Crippen molar-refractivity contribution >= 4 is 11.8 Å². The molecule has 0 N–H and O–H groups in total. The minimum atomic E-state index is -4.61. The lowest BCUT2D eigenvalue weighted by Crippen LogP contribution is -2.12. The number of amides is 1. The van der Waals surface area contributed by atoms with Gasteiger partial charge in [-0.05, 0) is 18.5 Å². The molecule has 0 aliphatic carbocycles. The Balaban J connectivity index is 3.30. The fourth-order valence-electron chi connectivity index (χ4n) is 0.944. The first-order valence-electron chi connectivity index (χ1n) is 3.75. The number of alkyl halides is 3. The smallest absolute Gasteiger partial charge is 0.266 e. The molecule has 0 atom stereocenters. The van der Waals surface area contributed by atoms with Crippen LogP contribution in [0.3, 0.4) is 0 Å². The molecule has 78 valence electrons. The molecule has 0 spiro atoms. The van der Waals surface area contributed by atoms with Gasteiger partial charge in [0.05, 0.1) is 11.1 Å². The van der Waals surface area contributed by atoms with E-state index in [0.29, 0.717) is 6.07 Å². The summed E-state index contributed by atoms with van der Waals surface area (Å²) in [4.78, 5) is 17.6. The van der Waals surface area contributed by atoms with E-state index in [-0.39, 0.29) is 0 Å². The van der Waals surface area contributed by atoms with E-state index in [4.69, 9.17) is 0 Å². The average molecular weight is 214 g/mol. The molecule has 1 amide bonds. The number of halogens is 3. The van der Waals surface area contributed by atoms with Crippen LogP contribution >= 0.6 is 0 Å². The van der Waals surface area contributed by atoms with Crippen molar-refractivity contribution in [3.63, 3.8) is 0 Å². The summed E-state index contributed by atoms with van der Waals surface area (Å²) in [7, 11) is 0. The molecule has 15 heavy (non-hydrogen) atoms. The Bertz CT molecular complexity index is 433. The second kappa shape index (κ2) is 4.06. The Morgan fingerprint density at radius 3 is 2.73 bits per heavy atom. The van der Waals surface area contributed by atoms with Gasteiger partial charge in [0, 0.05) is 12.4 Å². The van der Waals surface area contributed by atoms with E-state index in [1.165, 1.54) is 0 Å². The summed E-state index contributed by atoms with van der Waals surface area (Å²) in [6.07, 6.45) is -2.84. The number of aliphatic imine (C=N–C) groups is 1. The minimum Gasteiger partial charge on any atom is -0.266 e. The average Bonchev–Trinajstić information content (AvgIpc) is 2.17. The number of carbonyl (C=O) groups excluding carboxylic acids is 1. The molecule has 1 rings (SSSR count). The van der Waals surface area contributed by atoms with Gasteiger partial charge >= 0.3 is 6.18 Å². The first-order valence-corrected chi connectivity index (χ1v) is 3.75. The lowest BCUT2D eigenvalue weighted by atomic mass is 10.1. The van der Waals surface area contributed by atoms with Crippen molar-refractivity contribution in [2.75, 3.05) is 0 Å². The van der Waals surface area contributed by atoms with E-state index in [1.807, 2.05) is 5.87 Å². The number of aromatic nitrogens is 1. The Kier molecular flexibility index (Phi) is 3.01. The second-order valence-corrected chi connectivity index (χ2v) is 2.49. The molecule has 0 unspecified atom stereocenters. The summed E-state index contributed by atoms with van der Waals surface area (Å²) >= 11 is 0. The third-order valence-corrected chi connectivity index (χ3v) is 1.54. The third-order valence-electron chi connectivity index (χ3n) is 1.54. The summed E-state index contributed by atoms with van der Waals surface area (Å²) < 4.78 is 37.2. The van der Waals surface area contributed by atoms with Crippen molar-refractivity contribution in [3.05, 3.63) is 36.2 Å². The van der Waals surface area contributed by atoms with Crippen LogP contribution < -0.4 is 0 Å². The van der Waals surface area contributed by atoms with Gasteiger partial charge in [-0.15, -0.1) is 0 Å². The standard InChI is InChI=1S/C9H5F3N2O/c1-2-14-8(15)6-5-13-4-3-7(6)9(10,11)12/h3-5H,1H2.